The molecule has 1 saturated heterocycles. The normalized spacial score (nSPS) is 34.3. The Morgan fingerprint density at radius 2 is 1.55 bits per heavy atom. The number of hydrogen-bond donors (Lipinski definition) is 5. The van der Waals surface area contributed by atoms with Crippen molar-refractivity contribution in [3.05, 3.63) is 120 Å². The molecule has 0 aliphatic carbocycles. The number of methoxy groups -OCH3 is 2. The van der Waals surface area contributed by atoms with E-state index in [4.69, 9.17) is 23.7 Å². The standard InChI is InChI=1S/C47H66O13/c1-29-20-19-21-31(3)42(53)38(50)24-17-11-10-12-18-25-40(60-41(52)27-26-30(2)39(51)28-29)33(5)43(54)32(4)36(48)22-15-13-14-16-23-37(49)34(6)58-47-46(57-9)44(55)45(56-8)35(7)59-47/h10-24,26,28,32-35,37-40,43-47,49-51,54-55H,25,27H2,1-9H3/b11-10+,14-13+,18-12+,20-19+,22-15+,23-16+,24-17+,29-28-,30-26+,31-21+/t32-,33-,34+,35-,37+,38+,39-,40+,43-,44+,45+,46-,47-/m1/s1. The zero-order valence-corrected chi connectivity index (χ0v) is 36.2. The Morgan fingerprint density at radius 3 is 2.23 bits per heavy atom. The molecule has 5 N–H and O–H groups in total. The highest BCUT2D eigenvalue weighted by molar-refractivity contribution is 5.99. The molecule has 0 amide bonds. The average Bonchev–Trinajstić information content (AvgIpc) is 3.21. The molecule has 2 heterocycles. The van der Waals surface area contributed by atoms with Gasteiger partial charge in [0.15, 0.2) is 17.9 Å². The Balaban J connectivity index is 2.11. The Morgan fingerprint density at radius 1 is 0.883 bits per heavy atom. The minimum Gasteiger partial charge on any atom is -0.461 e. The van der Waals surface area contributed by atoms with Crippen LogP contribution in [0.1, 0.15) is 61.3 Å². The molecule has 13 atom stereocenters. The lowest BCUT2D eigenvalue weighted by atomic mass is 9.85. The van der Waals surface area contributed by atoms with Crippen molar-refractivity contribution in [1.29, 1.82) is 0 Å². The second-order valence-electron chi connectivity index (χ2n) is 15.1. The lowest BCUT2D eigenvalue weighted by Crippen LogP contribution is -2.59. The Kier molecular flexibility index (Phi) is 23.3. The van der Waals surface area contributed by atoms with Crippen molar-refractivity contribution < 1.29 is 63.6 Å². The van der Waals surface area contributed by atoms with Gasteiger partial charge in [-0.15, -0.1) is 0 Å². The van der Waals surface area contributed by atoms with Gasteiger partial charge in [0, 0.05) is 32.5 Å². The van der Waals surface area contributed by atoms with Gasteiger partial charge in [0.1, 0.15) is 30.5 Å². The SMILES string of the molecule is CO[C@@H]1[C@H](O)[C@@H](OC)[C@H](O[C@@H](C)[C@@H](O)/C=C/C=C/C=C/C(=O)[C@@H](C)[C@@H](O)[C@H](C)[C@@H]2C/C=C/C=C/C=C/[C@H](O)C(=O)/C(C)=C/C=C/C(C)=C\[C@@H](O)/C(C)=C/CC(=O)O2)O[C@@H]1C. The third-order valence-corrected chi connectivity index (χ3v) is 10.4. The van der Waals surface area contributed by atoms with Gasteiger partial charge in [-0.1, -0.05) is 104 Å². The van der Waals surface area contributed by atoms with E-state index in [1.54, 1.807) is 121 Å². The number of rotatable bonds is 13. The maximum absolute atomic E-state index is 13.1. The monoisotopic (exact) mass is 838 g/mol. The molecule has 0 aromatic carbocycles. The van der Waals surface area contributed by atoms with Crippen molar-refractivity contribution in [2.24, 2.45) is 11.8 Å². The summed E-state index contributed by atoms with van der Waals surface area (Å²) < 4.78 is 28.2. The summed E-state index contributed by atoms with van der Waals surface area (Å²) in [7, 11) is 2.90. The topological polar surface area (TPSA) is 199 Å². The number of ether oxygens (including phenoxy) is 5. The number of esters is 1. The molecule has 13 heteroatoms. The van der Waals surface area contributed by atoms with Gasteiger partial charge in [-0.25, -0.2) is 0 Å². The number of carbonyl (C=O) groups excluding carboxylic acids is 3. The van der Waals surface area contributed by atoms with Crippen LogP contribution in [0.25, 0.3) is 0 Å². The van der Waals surface area contributed by atoms with Crippen LogP contribution >= 0.6 is 0 Å². The van der Waals surface area contributed by atoms with Gasteiger partial charge in [0.25, 0.3) is 0 Å². The highest BCUT2D eigenvalue weighted by Gasteiger charge is 2.45. The number of allylic oxidation sites excluding steroid dienone is 13. The van der Waals surface area contributed by atoms with E-state index in [1.807, 2.05) is 0 Å². The minimum atomic E-state index is -1.33. The van der Waals surface area contributed by atoms with Crippen LogP contribution in [0.2, 0.25) is 0 Å². The van der Waals surface area contributed by atoms with E-state index >= 15 is 0 Å². The highest BCUT2D eigenvalue weighted by atomic mass is 16.7. The van der Waals surface area contributed by atoms with Crippen LogP contribution in [0.5, 0.6) is 0 Å². The van der Waals surface area contributed by atoms with Crippen LogP contribution in [0.15, 0.2) is 120 Å². The second kappa shape index (κ2) is 26.9. The van der Waals surface area contributed by atoms with Crippen molar-refractivity contribution in [2.75, 3.05) is 14.2 Å². The Labute approximate surface area is 355 Å². The lowest BCUT2D eigenvalue weighted by Gasteiger charge is -2.43. The number of ketones is 2. The summed E-state index contributed by atoms with van der Waals surface area (Å²) in [5.74, 6) is -2.90. The molecule has 60 heavy (non-hydrogen) atoms. The molecule has 0 aromatic rings. The van der Waals surface area contributed by atoms with E-state index < -0.39 is 90.9 Å². The number of aliphatic hydroxyl groups is 5. The second-order valence-corrected chi connectivity index (χ2v) is 15.1. The largest absolute Gasteiger partial charge is 0.461 e. The first-order valence-electron chi connectivity index (χ1n) is 20.2. The first kappa shape index (κ1) is 52.0. The summed E-state index contributed by atoms with van der Waals surface area (Å²) in [4.78, 5) is 38.7. The smallest absolute Gasteiger partial charge is 0.309 e. The number of carbonyl (C=O) groups is 3. The van der Waals surface area contributed by atoms with E-state index in [0.29, 0.717) is 16.7 Å². The molecule has 0 radical (unpaired) electrons. The zero-order valence-electron chi connectivity index (χ0n) is 36.2. The van der Waals surface area contributed by atoms with E-state index in [0.717, 1.165) is 0 Å². The van der Waals surface area contributed by atoms with Gasteiger partial charge in [-0.3, -0.25) is 14.4 Å². The van der Waals surface area contributed by atoms with Gasteiger partial charge >= 0.3 is 5.97 Å². The molecule has 0 saturated carbocycles. The van der Waals surface area contributed by atoms with Crippen LogP contribution in [0.3, 0.4) is 0 Å². The van der Waals surface area contributed by atoms with Crippen molar-refractivity contribution in [2.45, 2.75) is 129 Å². The third kappa shape index (κ3) is 17.1. The van der Waals surface area contributed by atoms with Gasteiger partial charge in [0.2, 0.25) is 0 Å². The minimum absolute atomic E-state index is 0.130. The van der Waals surface area contributed by atoms with Gasteiger partial charge in [-0.05, 0) is 64.0 Å². The highest BCUT2D eigenvalue weighted by Crippen LogP contribution is 2.27. The number of cyclic esters (lactones) is 1. The first-order valence-corrected chi connectivity index (χ1v) is 20.2. The van der Waals surface area contributed by atoms with Crippen LogP contribution in [-0.4, -0.2) is 125 Å². The van der Waals surface area contributed by atoms with E-state index in [-0.39, 0.29) is 18.6 Å². The van der Waals surface area contributed by atoms with E-state index in [2.05, 4.69) is 0 Å². The molecular formula is C47H66O13. The number of hydrogen-bond acceptors (Lipinski definition) is 13. The molecule has 0 unspecified atom stereocenters. The van der Waals surface area contributed by atoms with Gasteiger partial charge in [0.05, 0.1) is 36.9 Å². The maximum atomic E-state index is 13.1. The van der Waals surface area contributed by atoms with Crippen LogP contribution < -0.4 is 0 Å². The summed E-state index contributed by atoms with van der Waals surface area (Å²) in [6, 6.07) is 0. The van der Waals surface area contributed by atoms with Crippen molar-refractivity contribution >= 4 is 17.5 Å². The molecule has 2 aliphatic rings. The lowest BCUT2D eigenvalue weighted by molar-refractivity contribution is -0.314. The van der Waals surface area contributed by atoms with Crippen molar-refractivity contribution in [3.8, 4) is 0 Å². The molecule has 2 rings (SSSR count). The predicted octanol–water partition coefficient (Wildman–Crippen LogP) is 4.82. The van der Waals surface area contributed by atoms with Crippen LogP contribution in [-0.2, 0) is 38.1 Å². The molecular weight excluding hydrogens is 773 g/mol. The maximum Gasteiger partial charge on any atom is 0.309 e. The quantitative estimate of drug-likeness (QED) is 0.0734. The molecule has 0 spiro atoms. The van der Waals surface area contributed by atoms with Crippen molar-refractivity contribution in [1.82, 2.24) is 0 Å². The molecule has 13 nitrogen and oxygen atoms in total. The van der Waals surface area contributed by atoms with Gasteiger partial charge < -0.3 is 49.2 Å². The summed E-state index contributed by atoms with van der Waals surface area (Å²) in [6.45, 7) is 11.8. The van der Waals surface area contributed by atoms with Crippen LogP contribution in [0, 0.1) is 11.8 Å². The fourth-order valence-electron chi connectivity index (χ4n) is 6.31. The Hall–Kier alpha value is -4.15. The Bertz CT molecular complexity index is 1700. The number of Topliss-reactive ketones (excluding diaryl/α,β-unsaturated/α-hetero) is 1. The molecule has 1 fully saturated rings. The molecule has 0 bridgehead atoms. The first-order chi connectivity index (χ1) is 28.4. The predicted molar refractivity (Wildman–Crippen MR) is 229 cm³/mol. The van der Waals surface area contributed by atoms with Crippen molar-refractivity contribution in [3.63, 3.8) is 0 Å². The van der Waals surface area contributed by atoms with E-state index in [1.165, 1.54) is 44.6 Å². The third-order valence-electron chi connectivity index (χ3n) is 10.4. The zero-order chi connectivity index (χ0) is 44.9. The summed E-state index contributed by atoms with van der Waals surface area (Å²) in [5.41, 5.74) is 1.59. The molecule has 2 aliphatic heterocycles. The summed E-state index contributed by atoms with van der Waals surface area (Å²) >= 11 is 0. The number of aliphatic hydroxyl groups excluding tert-OH is 5. The summed E-state index contributed by atoms with van der Waals surface area (Å²) in [6.07, 6.45) is 17.1. The van der Waals surface area contributed by atoms with E-state index in [9.17, 15) is 39.9 Å². The van der Waals surface area contributed by atoms with Gasteiger partial charge in [-0.2, -0.15) is 0 Å². The molecule has 0 aromatic heterocycles. The molecule has 332 valence electrons. The average molecular weight is 839 g/mol. The fraction of sp³-hybridized carbons (Fsp3) is 0.511. The fourth-order valence-corrected chi connectivity index (χ4v) is 6.31. The summed E-state index contributed by atoms with van der Waals surface area (Å²) in [5, 5.41) is 53.5. The van der Waals surface area contributed by atoms with Crippen LogP contribution in [0.4, 0.5) is 0 Å².